The first kappa shape index (κ1) is 13.8. The summed E-state index contributed by atoms with van der Waals surface area (Å²) in [6.45, 7) is 3.96. The van der Waals surface area contributed by atoms with Gasteiger partial charge >= 0.3 is 0 Å². The van der Waals surface area contributed by atoms with Gasteiger partial charge in [0, 0.05) is 22.8 Å². The zero-order valence-corrected chi connectivity index (χ0v) is 12.9. The molecule has 98 valence electrons. The van der Waals surface area contributed by atoms with E-state index >= 15 is 0 Å². The van der Waals surface area contributed by atoms with E-state index in [4.69, 9.17) is 0 Å². The quantitative estimate of drug-likeness (QED) is 0.806. The van der Waals surface area contributed by atoms with Crippen molar-refractivity contribution in [3.05, 3.63) is 63.6 Å². The number of hydrogen-bond donors (Lipinski definition) is 0. The lowest BCUT2D eigenvalue weighted by Gasteiger charge is -2.20. The number of anilines is 1. The predicted octanol–water partition coefficient (Wildman–Crippen LogP) is 4.34. The molecule has 2 aromatic carbocycles. The average molecular weight is 318 g/mol. The number of carbonyl (C=O) groups is 1. The fourth-order valence-electron chi connectivity index (χ4n) is 2.10. The first-order chi connectivity index (χ1) is 9.00. The van der Waals surface area contributed by atoms with Crippen LogP contribution in [0.4, 0.5) is 5.69 Å². The number of nitrogens with zero attached hydrogens (tertiary/aromatic N) is 1. The molecule has 0 aromatic heterocycles. The van der Waals surface area contributed by atoms with E-state index in [0.29, 0.717) is 0 Å². The summed E-state index contributed by atoms with van der Waals surface area (Å²) < 4.78 is 1.02. The van der Waals surface area contributed by atoms with Crippen LogP contribution in [0.25, 0.3) is 0 Å². The molecule has 3 heteroatoms. The van der Waals surface area contributed by atoms with Crippen LogP contribution in [0.3, 0.4) is 0 Å². The molecule has 19 heavy (non-hydrogen) atoms. The van der Waals surface area contributed by atoms with Gasteiger partial charge in [-0.05, 0) is 49.2 Å². The molecule has 1 amide bonds. The number of rotatable bonds is 2. The van der Waals surface area contributed by atoms with Gasteiger partial charge in [0.2, 0.25) is 0 Å². The number of benzene rings is 2. The Hall–Kier alpha value is -1.61. The number of carbonyl (C=O) groups excluding carboxylic acids is 1. The summed E-state index contributed by atoms with van der Waals surface area (Å²) in [5, 5.41) is 0. The zero-order valence-electron chi connectivity index (χ0n) is 11.3. The maximum Gasteiger partial charge on any atom is 0.258 e. The van der Waals surface area contributed by atoms with Crippen LogP contribution in [0.2, 0.25) is 0 Å². The van der Waals surface area contributed by atoms with E-state index < -0.39 is 0 Å². The Balaban J connectivity index is 2.37. The molecule has 0 aliphatic rings. The fraction of sp³-hybridized carbons (Fsp3) is 0.188. The predicted molar refractivity (Wildman–Crippen MR) is 82.8 cm³/mol. The van der Waals surface area contributed by atoms with Crippen LogP contribution in [0.5, 0.6) is 0 Å². The minimum Gasteiger partial charge on any atom is -0.311 e. The Labute approximate surface area is 122 Å². The molecule has 0 aliphatic heterocycles. The van der Waals surface area contributed by atoms with Crippen molar-refractivity contribution in [1.82, 2.24) is 0 Å². The number of halogens is 1. The SMILES string of the molecule is Cc1ccccc1C(=O)N(C)c1ccc(Br)cc1C. The first-order valence-corrected chi connectivity index (χ1v) is 6.90. The van der Waals surface area contributed by atoms with Crippen LogP contribution < -0.4 is 4.90 Å². The molecule has 0 saturated carbocycles. The summed E-state index contributed by atoms with van der Waals surface area (Å²) in [5.41, 5.74) is 3.73. The Morgan fingerprint density at radius 2 is 1.74 bits per heavy atom. The molecule has 2 rings (SSSR count). The average Bonchev–Trinajstić information content (AvgIpc) is 2.38. The van der Waals surface area contributed by atoms with Gasteiger partial charge in [-0.1, -0.05) is 34.1 Å². The van der Waals surface area contributed by atoms with Crippen molar-refractivity contribution in [2.75, 3.05) is 11.9 Å². The van der Waals surface area contributed by atoms with Crippen LogP contribution in [-0.4, -0.2) is 13.0 Å². The van der Waals surface area contributed by atoms with Gasteiger partial charge in [-0.3, -0.25) is 4.79 Å². The van der Waals surface area contributed by atoms with Crippen molar-refractivity contribution in [2.45, 2.75) is 13.8 Å². The molecule has 2 nitrogen and oxygen atoms in total. The van der Waals surface area contributed by atoms with Gasteiger partial charge in [0.25, 0.3) is 5.91 Å². The van der Waals surface area contributed by atoms with Gasteiger partial charge in [0.1, 0.15) is 0 Å². The Bertz CT molecular complexity index is 622. The lowest BCUT2D eigenvalue weighted by atomic mass is 10.1. The van der Waals surface area contributed by atoms with E-state index in [0.717, 1.165) is 26.9 Å². The van der Waals surface area contributed by atoms with E-state index in [1.807, 2.05) is 63.4 Å². The summed E-state index contributed by atoms with van der Waals surface area (Å²) in [4.78, 5) is 14.2. The number of aryl methyl sites for hydroxylation is 2. The molecule has 0 unspecified atom stereocenters. The van der Waals surface area contributed by atoms with Crippen LogP contribution in [-0.2, 0) is 0 Å². The van der Waals surface area contributed by atoms with Crippen LogP contribution in [0.1, 0.15) is 21.5 Å². The lowest BCUT2D eigenvalue weighted by molar-refractivity contribution is 0.0992. The molecule has 0 bridgehead atoms. The third-order valence-electron chi connectivity index (χ3n) is 3.20. The zero-order chi connectivity index (χ0) is 14.0. The normalized spacial score (nSPS) is 10.3. The fourth-order valence-corrected chi connectivity index (χ4v) is 2.57. The maximum absolute atomic E-state index is 12.5. The standard InChI is InChI=1S/C16H16BrNO/c1-11-6-4-5-7-14(11)16(19)18(3)15-9-8-13(17)10-12(15)2/h4-10H,1-3H3. The Morgan fingerprint density at radius 3 is 2.37 bits per heavy atom. The molecule has 0 spiro atoms. The lowest BCUT2D eigenvalue weighted by Crippen LogP contribution is -2.27. The molecule has 0 saturated heterocycles. The molecular formula is C16H16BrNO. The highest BCUT2D eigenvalue weighted by atomic mass is 79.9. The maximum atomic E-state index is 12.5. The molecule has 0 aliphatic carbocycles. The smallest absolute Gasteiger partial charge is 0.258 e. The van der Waals surface area contributed by atoms with Crippen molar-refractivity contribution < 1.29 is 4.79 Å². The number of amides is 1. The molecule has 0 atom stereocenters. The molecule has 2 aromatic rings. The summed E-state index contributed by atoms with van der Waals surface area (Å²) >= 11 is 3.44. The molecular weight excluding hydrogens is 302 g/mol. The van der Waals surface area contributed by atoms with Crippen molar-refractivity contribution in [2.24, 2.45) is 0 Å². The summed E-state index contributed by atoms with van der Waals surface area (Å²) in [7, 11) is 1.81. The monoisotopic (exact) mass is 317 g/mol. The van der Waals surface area contributed by atoms with E-state index in [-0.39, 0.29) is 5.91 Å². The summed E-state index contributed by atoms with van der Waals surface area (Å²) in [5.74, 6) is 0.0172. The second-order valence-corrected chi connectivity index (χ2v) is 5.53. The summed E-state index contributed by atoms with van der Waals surface area (Å²) in [6, 6.07) is 13.6. The second kappa shape index (κ2) is 5.57. The third-order valence-corrected chi connectivity index (χ3v) is 3.69. The topological polar surface area (TPSA) is 20.3 Å². The van der Waals surface area contributed by atoms with Gasteiger partial charge in [-0.25, -0.2) is 0 Å². The van der Waals surface area contributed by atoms with Crippen molar-refractivity contribution >= 4 is 27.5 Å². The minimum atomic E-state index is 0.0172. The third kappa shape index (κ3) is 2.87. The largest absolute Gasteiger partial charge is 0.311 e. The van der Waals surface area contributed by atoms with Gasteiger partial charge in [-0.15, -0.1) is 0 Å². The Kier molecular flexibility index (Phi) is 4.05. The minimum absolute atomic E-state index is 0.0172. The van der Waals surface area contributed by atoms with Gasteiger partial charge in [0.15, 0.2) is 0 Å². The highest BCUT2D eigenvalue weighted by molar-refractivity contribution is 9.10. The summed E-state index contributed by atoms with van der Waals surface area (Å²) in [6.07, 6.45) is 0. The van der Waals surface area contributed by atoms with Crippen molar-refractivity contribution in [3.63, 3.8) is 0 Å². The molecule has 0 heterocycles. The van der Waals surface area contributed by atoms with Gasteiger partial charge in [0.05, 0.1) is 0 Å². The van der Waals surface area contributed by atoms with E-state index in [1.165, 1.54) is 0 Å². The van der Waals surface area contributed by atoms with E-state index in [9.17, 15) is 4.79 Å². The highest BCUT2D eigenvalue weighted by Gasteiger charge is 2.16. The van der Waals surface area contributed by atoms with Crippen molar-refractivity contribution in [1.29, 1.82) is 0 Å². The molecule has 0 radical (unpaired) electrons. The Morgan fingerprint density at radius 1 is 1.05 bits per heavy atom. The van der Waals surface area contributed by atoms with Gasteiger partial charge in [-0.2, -0.15) is 0 Å². The first-order valence-electron chi connectivity index (χ1n) is 6.10. The number of hydrogen-bond acceptors (Lipinski definition) is 1. The highest BCUT2D eigenvalue weighted by Crippen LogP contribution is 2.24. The van der Waals surface area contributed by atoms with Crippen LogP contribution >= 0.6 is 15.9 Å². The van der Waals surface area contributed by atoms with E-state index in [2.05, 4.69) is 15.9 Å². The van der Waals surface area contributed by atoms with E-state index in [1.54, 1.807) is 4.90 Å². The molecule has 0 N–H and O–H groups in total. The second-order valence-electron chi connectivity index (χ2n) is 4.61. The van der Waals surface area contributed by atoms with Gasteiger partial charge < -0.3 is 4.90 Å². The molecule has 0 fully saturated rings. The van der Waals surface area contributed by atoms with Crippen molar-refractivity contribution in [3.8, 4) is 0 Å². The van der Waals surface area contributed by atoms with Crippen LogP contribution in [0.15, 0.2) is 46.9 Å². The van der Waals surface area contributed by atoms with Crippen LogP contribution in [0, 0.1) is 13.8 Å².